The van der Waals surface area contributed by atoms with Gasteiger partial charge in [0.1, 0.15) is 0 Å². The molecule has 0 N–H and O–H groups in total. The standard InChI is InChI=1S/C23H31FO/c1-3-5-6-7-8-9-17-25-23-16-15-21(18-22(23)24)20-13-11-19(10-4-2)12-14-20/h11-16,18H,3-10,17H2,1-2H3. The van der Waals surface area contributed by atoms with Crippen LogP contribution in [0.5, 0.6) is 5.75 Å². The van der Waals surface area contributed by atoms with Crippen molar-refractivity contribution in [3.63, 3.8) is 0 Å². The molecule has 2 heteroatoms. The molecule has 0 radical (unpaired) electrons. The lowest BCUT2D eigenvalue weighted by atomic mass is 10.0. The summed E-state index contributed by atoms with van der Waals surface area (Å²) in [6.45, 7) is 4.98. The molecule has 0 amide bonds. The highest BCUT2D eigenvalue weighted by molar-refractivity contribution is 5.64. The van der Waals surface area contributed by atoms with Gasteiger partial charge in [-0.1, -0.05) is 82.7 Å². The molecule has 0 atom stereocenters. The van der Waals surface area contributed by atoms with Crippen molar-refractivity contribution in [2.45, 2.75) is 65.2 Å². The zero-order chi connectivity index (χ0) is 17.9. The Labute approximate surface area is 152 Å². The van der Waals surface area contributed by atoms with Gasteiger partial charge in [-0.3, -0.25) is 0 Å². The van der Waals surface area contributed by atoms with Crippen LogP contribution in [0.1, 0.15) is 64.4 Å². The summed E-state index contributed by atoms with van der Waals surface area (Å²) < 4.78 is 19.9. The summed E-state index contributed by atoms with van der Waals surface area (Å²) in [5.74, 6) is 0.0843. The summed E-state index contributed by atoms with van der Waals surface area (Å²) in [6.07, 6.45) is 9.46. The van der Waals surface area contributed by atoms with E-state index in [9.17, 15) is 4.39 Å². The molecule has 136 valence electrons. The van der Waals surface area contributed by atoms with Crippen LogP contribution in [0.15, 0.2) is 42.5 Å². The van der Waals surface area contributed by atoms with Crippen LogP contribution in [0.3, 0.4) is 0 Å². The maximum Gasteiger partial charge on any atom is 0.165 e. The van der Waals surface area contributed by atoms with Gasteiger partial charge in [-0.05, 0) is 41.7 Å². The van der Waals surface area contributed by atoms with Gasteiger partial charge >= 0.3 is 0 Å². The molecular formula is C23H31FO. The van der Waals surface area contributed by atoms with Gasteiger partial charge in [0, 0.05) is 0 Å². The predicted molar refractivity (Wildman–Crippen MR) is 105 cm³/mol. The number of ether oxygens (including phenoxy) is 1. The Morgan fingerprint density at radius 3 is 2.12 bits per heavy atom. The van der Waals surface area contributed by atoms with Gasteiger partial charge in [-0.2, -0.15) is 0 Å². The largest absolute Gasteiger partial charge is 0.491 e. The average molecular weight is 342 g/mol. The highest BCUT2D eigenvalue weighted by Crippen LogP contribution is 2.26. The molecule has 0 spiro atoms. The van der Waals surface area contributed by atoms with Crippen molar-refractivity contribution in [3.8, 4) is 16.9 Å². The first kappa shape index (κ1) is 19.5. The summed E-state index contributed by atoms with van der Waals surface area (Å²) >= 11 is 0. The molecule has 0 unspecified atom stereocenters. The Balaban J connectivity index is 1.85. The van der Waals surface area contributed by atoms with E-state index in [1.54, 1.807) is 12.1 Å². The molecule has 0 aliphatic heterocycles. The number of unbranched alkanes of at least 4 members (excludes halogenated alkanes) is 5. The third kappa shape index (κ3) is 6.53. The van der Waals surface area contributed by atoms with Crippen LogP contribution < -0.4 is 4.74 Å². The number of hydrogen-bond donors (Lipinski definition) is 0. The first-order valence-corrected chi connectivity index (χ1v) is 9.76. The lowest BCUT2D eigenvalue weighted by Gasteiger charge is -2.09. The van der Waals surface area contributed by atoms with E-state index in [4.69, 9.17) is 4.74 Å². The van der Waals surface area contributed by atoms with Crippen LogP contribution in [0.25, 0.3) is 11.1 Å². The maximum absolute atomic E-state index is 14.3. The molecule has 0 aliphatic rings. The van der Waals surface area contributed by atoms with E-state index in [0.717, 1.165) is 36.8 Å². The molecule has 1 nitrogen and oxygen atoms in total. The smallest absolute Gasteiger partial charge is 0.165 e. The van der Waals surface area contributed by atoms with Crippen molar-refractivity contribution in [1.29, 1.82) is 0 Å². The first-order valence-electron chi connectivity index (χ1n) is 9.76. The quantitative estimate of drug-likeness (QED) is 0.393. The molecule has 0 aromatic heterocycles. The Morgan fingerprint density at radius 2 is 1.44 bits per heavy atom. The van der Waals surface area contributed by atoms with E-state index in [1.807, 2.05) is 6.07 Å². The molecule has 0 aliphatic carbocycles. The fraction of sp³-hybridized carbons (Fsp3) is 0.478. The second kappa shape index (κ2) is 10.9. The number of benzene rings is 2. The molecule has 0 saturated heterocycles. The fourth-order valence-corrected chi connectivity index (χ4v) is 3.01. The zero-order valence-corrected chi connectivity index (χ0v) is 15.7. The minimum atomic E-state index is -0.277. The lowest BCUT2D eigenvalue weighted by molar-refractivity contribution is 0.290. The van der Waals surface area contributed by atoms with Gasteiger partial charge in [0.15, 0.2) is 11.6 Å². The Hall–Kier alpha value is -1.83. The highest BCUT2D eigenvalue weighted by Gasteiger charge is 2.06. The van der Waals surface area contributed by atoms with Crippen molar-refractivity contribution in [1.82, 2.24) is 0 Å². The normalized spacial score (nSPS) is 10.8. The molecule has 0 fully saturated rings. The van der Waals surface area contributed by atoms with Gasteiger partial charge in [0.05, 0.1) is 6.61 Å². The summed E-state index contributed by atoms with van der Waals surface area (Å²) in [5.41, 5.74) is 3.26. The molecule has 0 heterocycles. The van der Waals surface area contributed by atoms with Crippen molar-refractivity contribution >= 4 is 0 Å². The van der Waals surface area contributed by atoms with Crippen LogP contribution in [0, 0.1) is 5.82 Å². The number of halogens is 1. The van der Waals surface area contributed by atoms with Crippen molar-refractivity contribution in [3.05, 3.63) is 53.8 Å². The summed E-state index contributed by atoms with van der Waals surface area (Å²) in [5, 5.41) is 0. The molecule has 25 heavy (non-hydrogen) atoms. The second-order valence-electron chi connectivity index (χ2n) is 6.71. The van der Waals surface area contributed by atoms with Crippen LogP contribution in [-0.4, -0.2) is 6.61 Å². The van der Waals surface area contributed by atoms with E-state index in [-0.39, 0.29) is 5.82 Å². The minimum absolute atomic E-state index is 0.277. The van der Waals surface area contributed by atoms with Gasteiger partial charge in [-0.15, -0.1) is 0 Å². The van der Waals surface area contributed by atoms with Crippen LogP contribution in [0.4, 0.5) is 4.39 Å². The number of aryl methyl sites for hydroxylation is 1. The summed E-state index contributed by atoms with van der Waals surface area (Å²) in [4.78, 5) is 0. The van der Waals surface area contributed by atoms with Crippen LogP contribution in [-0.2, 0) is 6.42 Å². The Bertz CT molecular complexity index is 618. The van der Waals surface area contributed by atoms with Gasteiger partial charge in [0.2, 0.25) is 0 Å². The lowest BCUT2D eigenvalue weighted by Crippen LogP contribution is -1.99. The third-order valence-corrected chi connectivity index (χ3v) is 4.51. The van der Waals surface area contributed by atoms with Crippen molar-refractivity contribution < 1.29 is 9.13 Å². The maximum atomic E-state index is 14.3. The topological polar surface area (TPSA) is 9.23 Å². The molecule has 2 aromatic rings. The van der Waals surface area contributed by atoms with Gasteiger partial charge < -0.3 is 4.74 Å². The van der Waals surface area contributed by atoms with Crippen molar-refractivity contribution in [2.75, 3.05) is 6.61 Å². The van der Waals surface area contributed by atoms with Crippen molar-refractivity contribution in [2.24, 2.45) is 0 Å². The van der Waals surface area contributed by atoms with E-state index < -0.39 is 0 Å². The Morgan fingerprint density at radius 1 is 0.760 bits per heavy atom. The Kier molecular flexibility index (Phi) is 8.51. The zero-order valence-electron chi connectivity index (χ0n) is 15.7. The number of rotatable bonds is 11. The molecule has 0 saturated carbocycles. The number of hydrogen-bond acceptors (Lipinski definition) is 1. The predicted octanol–water partition coefficient (Wildman–Crippen LogP) is 7.18. The molecule has 2 rings (SSSR count). The molecular weight excluding hydrogens is 311 g/mol. The minimum Gasteiger partial charge on any atom is -0.491 e. The highest BCUT2D eigenvalue weighted by atomic mass is 19.1. The first-order chi connectivity index (χ1) is 12.2. The average Bonchev–Trinajstić information content (AvgIpc) is 2.63. The molecule has 0 bridgehead atoms. The molecule has 2 aromatic carbocycles. The van der Waals surface area contributed by atoms with Crippen LogP contribution in [0.2, 0.25) is 0 Å². The second-order valence-corrected chi connectivity index (χ2v) is 6.71. The van der Waals surface area contributed by atoms with E-state index in [1.165, 1.54) is 31.2 Å². The fourth-order valence-electron chi connectivity index (χ4n) is 3.01. The summed E-state index contributed by atoms with van der Waals surface area (Å²) in [6, 6.07) is 13.6. The van der Waals surface area contributed by atoms with Gasteiger partial charge in [0.25, 0.3) is 0 Å². The van der Waals surface area contributed by atoms with Gasteiger partial charge in [-0.25, -0.2) is 4.39 Å². The monoisotopic (exact) mass is 342 g/mol. The SMILES string of the molecule is CCCCCCCCOc1ccc(-c2ccc(CCC)cc2)cc1F. The van der Waals surface area contributed by atoms with Crippen LogP contribution >= 0.6 is 0 Å². The summed E-state index contributed by atoms with van der Waals surface area (Å²) in [7, 11) is 0. The third-order valence-electron chi connectivity index (χ3n) is 4.51. The van der Waals surface area contributed by atoms with E-state index >= 15 is 0 Å². The van der Waals surface area contributed by atoms with E-state index in [0.29, 0.717) is 12.4 Å². The van der Waals surface area contributed by atoms with E-state index in [2.05, 4.69) is 38.1 Å².